The largest absolute Gasteiger partial charge is 0.348 e. The first-order valence-corrected chi connectivity index (χ1v) is 11.7. The number of hydrogen-bond donors (Lipinski definition) is 0. The fraction of sp³-hybridized carbons (Fsp3) is 0.409. The van der Waals surface area contributed by atoms with E-state index >= 15 is 0 Å². The zero-order valence-corrected chi connectivity index (χ0v) is 18.6. The van der Waals surface area contributed by atoms with Crippen LogP contribution in [-0.4, -0.2) is 34.5 Å². The van der Waals surface area contributed by atoms with E-state index in [4.69, 9.17) is 4.98 Å². The van der Waals surface area contributed by atoms with Crippen LogP contribution in [0.15, 0.2) is 40.3 Å². The molecule has 4 rings (SSSR count). The number of aromatic nitrogens is 2. The number of aryl methyl sites for hydroxylation is 2. The number of rotatable bonds is 6. The van der Waals surface area contributed by atoms with Gasteiger partial charge in [-0.2, -0.15) is 0 Å². The monoisotopic (exact) mass is 427 g/mol. The molecule has 1 aromatic carbocycles. The maximum absolute atomic E-state index is 13.4. The summed E-state index contributed by atoms with van der Waals surface area (Å²) in [6.07, 6.45) is 3.97. The van der Waals surface area contributed by atoms with E-state index in [9.17, 15) is 9.59 Å². The molecule has 0 aliphatic heterocycles. The van der Waals surface area contributed by atoms with Gasteiger partial charge in [-0.3, -0.25) is 14.2 Å². The zero-order valence-electron chi connectivity index (χ0n) is 17.0. The Morgan fingerprint density at radius 2 is 2.03 bits per heavy atom. The SMILES string of the molecule is CCCn1c(S[C@@H](C(=O)N(C)C)c2ccccc2)nc2sc3c(c2c1=O)CCC3. The van der Waals surface area contributed by atoms with Gasteiger partial charge >= 0.3 is 0 Å². The van der Waals surface area contributed by atoms with Crippen LogP contribution < -0.4 is 5.56 Å². The van der Waals surface area contributed by atoms with Gasteiger partial charge in [0.05, 0.1) is 5.39 Å². The van der Waals surface area contributed by atoms with E-state index < -0.39 is 5.25 Å². The predicted octanol–water partition coefficient (Wildman–Crippen LogP) is 4.28. The van der Waals surface area contributed by atoms with Gasteiger partial charge in [0.25, 0.3) is 5.56 Å². The molecule has 0 fully saturated rings. The van der Waals surface area contributed by atoms with E-state index in [1.165, 1.54) is 22.2 Å². The molecular formula is C22H25N3O2S2. The average Bonchev–Trinajstić information content (AvgIpc) is 3.29. The molecule has 0 saturated carbocycles. The lowest BCUT2D eigenvalue weighted by Crippen LogP contribution is -2.28. The Bertz CT molecular complexity index is 1100. The van der Waals surface area contributed by atoms with E-state index in [-0.39, 0.29) is 11.5 Å². The molecule has 1 aliphatic carbocycles. The van der Waals surface area contributed by atoms with Gasteiger partial charge in [0, 0.05) is 25.5 Å². The number of hydrogen-bond acceptors (Lipinski definition) is 5. The third kappa shape index (κ3) is 3.73. The highest BCUT2D eigenvalue weighted by Crippen LogP contribution is 2.39. The minimum absolute atomic E-state index is 0.00716. The Morgan fingerprint density at radius 3 is 2.72 bits per heavy atom. The average molecular weight is 428 g/mol. The van der Waals surface area contributed by atoms with Crippen LogP contribution in [-0.2, 0) is 24.2 Å². The number of carbonyl (C=O) groups is 1. The summed E-state index contributed by atoms with van der Waals surface area (Å²) in [7, 11) is 3.52. The van der Waals surface area contributed by atoms with E-state index in [2.05, 4.69) is 6.92 Å². The normalized spacial score (nSPS) is 14.2. The zero-order chi connectivity index (χ0) is 20.5. The standard InChI is InChI=1S/C22H25N3O2S2/c1-4-13-25-20(26)17-15-11-8-12-16(15)28-19(17)23-22(25)29-18(21(27)24(2)3)14-9-6-5-7-10-14/h5-7,9-10,18H,4,8,11-13H2,1-3H3/t18-/m1/s1. The highest BCUT2D eigenvalue weighted by Gasteiger charge is 2.28. The van der Waals surface area contributed by atoms with Gasteiger partial charge in [-0.05, 0) is 36.8 Å². The van der Waals surface area contributed by atoms with Crippen LogP contribution in [0.5, 0.6) is 0 Å². The van der Waals surface area contributed by atoms with Gasteiger partial charge in [-0.15, -0.1) is 11.3 Å². The van der Waals surface area contributed by atoms with E-state index in [0.29, 0.717) is 11.7 Å². The number of carbonyl (C=O) groups excluding carboxylic acids is 1. The van der Waals surface area contributed by atoms with Crippen molar-refractivity contribution >= 4 is 39.2 Å². The molecule has 7 heteroatoms. The summed E-state index contributed by atoms with van der Waals surface area (Å²) in [4.78, 5) is 35.0. The molecule has 0 saturated heterocycles. The van der Waals surface area contributed by atoms with E-state index in [0.717, 1.165) is 41.5 Å². The van der Waals surface area contributed by atoms with Crippen molar-refractivity contribution in [2.45, 2.75) is 49.6 Å². The first-order chi connectivity index (χ1) is 14.0. The van der Waals surface area contributed by atoms with Crippen molar-refractivity contribution in [2.75, 3.05) is 14.1 Å². The quantitative estimate of drug-likeness (QED) is 0.435. The number of nitrogens with zero attached hydrogens (tertiary/aromatic N) is 3. The highest BCUT2D eigenvalue weighted by atomic mass is 32.2. The summed E-state index contributed by atoms with van der Waals surface area (Å²) in [5, 5.41) is 0.995. The number of fused-ring (bicyclic) bond motifs is 3. The van der Waals surface area contributed by atoms with Crippen LogP contribution in [0, 0.1) is 0 Å². The number of amides is 1. The molecule has 2 heterocycles. The molecule has 0 unspecified atom stereocenters. The third-order valence-electron chi connectivity index (χ3n) is 5.23. The minimum Gasteiger partial charge on any atom is -0.348 e. The summed E-state index contributed by atoms with van der Waals surface area (Å²) >= 11 is 3.03. The van der Waals surface area contributed by atoms with Crippen LogP contribution in [0.4, 0.5) is 0 Å². The molecule has 29 heavy (non-hydrogen) atoms. The Kier molecular flexibility index (Phi) is 5.79. The molecular weight excluding hydrogens is 402 g/mol. The van der Waals surface area contributed by atoms with Crippen LogP contribution in [0.3, 0.4) is 0 Å². The molecule has 0 N–H and O–H groups in total. The lowest BCUT2D eigenvalue weighted by molar-refractivity contribution is -0.128. The first-order valence-electron chi connectivity index (χ1n) is 9.99. The second-order valence-electron chi connectivity index (χ2n) is 7.53. The fourth-order valence-corrected chi connectivity index (χ4v) is 6.37. The topological polar surface area (TPSA) is 55.2 Å². The maximum Gasteiger partial charge on any atom is 0.263 e. The van der Waals surface area contributed by atoms with Gasteiger partial charge in [-0.1, -0.05) is 49.0 Å². The van der Waals surface area contributed by atoms with Crippen LogP contribution in [0.1, 0.15) is 41.0 Å². The van der Waals surface area contributed by atoms with Gasteiger partial charge in [0.2, 0.25) is 5.91 Å². The Balaban J connectivity index is 1.84. The number of likely N-dealkylation sites (N-methyl/N-ethyl adjacent to an activating group) is 1. The first kappa shape index (κ1) is 20.2. The summed E-state index contributed by atoms with van der Waals surface area (Å²) in [5.74, 6) is -0.00716. The van der Waals surface area contributed by atoms with Crippen LogP contribution in [0.25, 0.3) is 10.2 Å². The minimum atomic E-state index is -0.439. The summed E-state index contributed by atoms with van der Waals surface area (Å²) < 4.78 is 1.78. The molecule has 152 valence electrons. The summed E-state index contributed by atoms with van der Waals surface area (Å²) in [6.45, 7) is 2.66. The van der Waals surface area contributed by atoms with Crippen molar-refractivity contribution in [3.05, 3.63) is 56.7 Å². The molecule has 3 aromatic rings. The lowest BCUT2D eigenvalue weighted by Gasteiger charge is -2.21. The van der Waals surface area contributed by atoms with Gasteiger partial charge in [0.15, 0.2) is 5.16 Å². The molecule has 1 aliphatic rings. The van der Waals surface area contributed by atoms with E-state index in [1.54, 1.807) is 34.9 Å². The molecule has 1 amide bonds. The lowest BCUT2D eigenvalue weighted by atomic mass is 10.1. The Morgan fingerprint density at radius 1 is 1.28 bits per heavy atom. The summed E-state index contributed by atoms with van der Waals surface area (Å²) in [5.41, 5.74) is 2.16. The second-order valence-corrected chi connectivity index (χ2v) is 9.69. The summed E-state index contributed by atoms with van der Waals surface area (Å²) in [6, 6.07) is 9.73. The molecule has 5 nitrogen and oxygen atoms in total. The van der Waals surface area contributed by atoms with Crippen molar-refractivity contribution in [1.82, 2.24) is 14.5 Å². The fourth-order valence-electron chi connectivity index (χ4n) is 3.80. The number of benzene rings is 1. The van der Waals surface area contributed by atoms with E-state index in [1.807, 2.05) is 30.3 Å². The highest BCUT2D eigenvalue weighted by molar-refractivity contribution is 8.00. The molecule has 1 atom stereocenters. The Hall–Kier alpha value is -2.12. The Labute approximate surface area is 178 Å². The van der Waals surface area contributed by atoms with Crippen LogP contribution in [0.2, 0.25) is 0 Å². The van der Waals surface area contributed by atoms with Gasteiger partial charge in [0.1, 0.15) is 10.1 Å². The van der Waals surface area contributed by atoms with Crippen molar-refractivity contribution in [3.63, 3.8) is 0 Å². The van der Waals surface area contributed by atoms with Crippen molar-refractivity contribution < 1.29 is 4.79 Å². The van der Waals surface area contributed by atoms with Gasteiger partial charge in [-0.25, -0.2) is 4.98 Å². The predicted molar refractivity (Wildman–Crippen MR) is 120 cm³/mol. The molecule has 2 aromatic heterocycles. The van der Waals surface area contributed by atoms with Crippen molar-refractivity contribution in [3.8, 4) is 0 Å². The molecule has 0 spiro atoms. The molecule has 0 bridgehead atoms. The number of thioether (sulfide) groups is 1. The number of thiophene rings is 1. The smallest absolute Gasteiger partial charge is 0.263 e. The van der Waals surface area contributed by atoms with Crippen LogP contribution >= 0.6 is 23.1 Å². The second kappa shape index (κ2) is 8.32. The van der Waals surface area contributed by atoms with Crippen molar-refractivity contribution in [1.29, 1.82) is 0 Å². The van der Waals surface area contributed by atoms with Crippen molar-refractivity contribution in [2.24, 2.45) is 0 Å². The van der Waals surface area contributed by atoms with Gasteiger partial charge < -0.3 is 4.90 Å². The maximum atomic E-state index is 13.4. The third-order valence-corrected chi connectivity index (χ3v) is 7.65. The molecule has 0 radical (unpaired) electrons.